The summed E-state index contributed by atoms with van der Waals surface area (Å²) in [6.07, 6.45) is 3.09. The summed E-state index contributed by atoms with van der Waals surface area (Å²) in [6, 6.07) is 16.0. The molecule has 0 fully saturated rings. The Labute approximate surface area is 161 Å². The van der Waals surface area contributed by atoms with E-state index in [2.05, 4.69) is 0 Å². The first-order valence-corrected chi connectivity index (χ1v) is 8.69. The van der Waals surface area contributed by atoms with Crippen LogP contribution in [0.1, 0.15) is 21.9 Å². The fraction of sp³-hybridized carbons (Fsp3) is 0.136. The van der Waals surface area contributed by atoms with Crippen LogP contribution in [0.15, 0.2) is 65.1 Å². The van der Waals surface area contributed by atoms with Gasteiger partial charge in [-0.2, -0.15) is 0 Å². The lowest BCUT2D eigenvalue weighted by Crippen LogP contribution is -1.94. The SMILES string of the molecule is COc1ccc(OCc2ccc(/C=C/C(=O)c3ccc4c(c3)OCO4)o2)cc1. The maximum absolute atomic E-state index is 12.3. The first kappa shape index (κ1) is 17.7. The molecule has 0 N–H and O–H groups in total. The number of allylic oxidation sites excluding steroid dienone is 1. The maximum atomic E-state index is 12.3. The molecule has 3 aromatic rings. The Morgan fingerprint density at radius 1 is 1.00 bits per heavy atom. The van der Waals surface area contributed by atoms with Crippen molar-refractivity contribution >= 4 is 11.9 Å². The normalized spacial score (nSPS) is 12.3. The van der Waals surface area contributed by atoms with Gasteiger partial charge in [-0.1, -0.05) is 0 Å². The summed E-state index contributed by atoms with van der Waals surface area (Å²) in [5.41, 5.74) is 0.523. The van der Waals surface area contributed by atoms with Gasteiger partial charge in [-0.05, 0) is 66.7 Å². The molecule has 0 aliphatic carbocycles. The van der Waals surface area contributed by atoms with E-state index in [9.17, 15) is 4.79 Å². The van der Waals surface area contributed by atoms with Crippen LogP contribution in [0.3, 0.4) is 0 Å². The lowest BCUT2D eigenvalue weighted by molar-refractivity contribution is 0.104. The topological polar surface area (TPSA) is 67.1 Å². The van der Waals surface area contributed by atoms with Crippen LogP contribution < -0.4 is 18.9 Å². The highest BCUT2D eigenvalue weighted by molar-refractivity contribution is 6.07. The van der Waals surface area contributed by atoms with Gasteiger partial charge in [-0.15, -0.1) is 0 Å². The number of carbonyl (C=O) groups excluding carboxylic acids is 1. The lowest BCUT2D eigenvalue weighted by Gasteiger charge is -2.05. The number of furan rings is 1. The summed E-state index contributed by atoms with van der Waals surface area (Å²) in [5, 5.41) is 0. The Bertz CT molecular complexity index is 1000. The monoisotopic (exact) mass is 378 g/mol. The summed E-state index contributed by atoms with van der Waals surface area (Å²) in [5.74, 6) is 3.79. The first-order chi connectivity index (χ1) is 13.7. The summed E-state index contributed by atoms with van der Waals surface area (Å²) < 4.78 is 27.0. The van der Waals surface area contributed by atoms with Crippen molar-refractivity contribution in [2.45, 2.75) is 6.61 Å². The molecule has 28 heavy (non-hydrogen) atoms. The number of fused-ring (bicyclic) bond motifs is 1. The van der Waals surface area contributed by atoms with Crippen LogP contribution in [-0.4, -0.2) is 19.7 Å². The highest BCUT2D eigenvalue weighted by Gasteiger charge is 2.15. The van der Waals surface area contributed by atoms with Crippen LogP contribution in [-0.2, 0) is 6.61 Å². The maximum Gasteiger partial charge on any atom is 0.231 e. The van der Waals surface area contributed by atoms with Crippen molar-refractivity contribution in [3.05, 3.63) is 77.8 Å². The van der Waals surface area contributed by atoms with Gasteiger partial charge < -0.3 is 23.4 Å². The van der Waals surface area contributed by atoms with E-state index < -0.39 is 0 Å². The fourth-order valence-corrected chi connectivity index (χ4v) is 2.69. The molecule has 0 amide bonds. The predicted octanol–water partition coefficient (Wildman–Crippen LogP) is 4.49. The van der Waals surface area contributed by atoms with Crippen molar-refractivity contribution in [2.75, 3.05) is 13.9 Å². The van der Waals surface area contributed by atoms with Crippen LogP contribution in [0.25, 0.3) is 6.08 Å². The van der Waals surface area contributed by atoms with Crippen molar-refractivity contribution in [1.82, 2.24) is 0 Å². The number of ether oxygens (including phenoxy) is 4. The second-order valence-corrected chi connectivity index (χ2v) is 6.03. The average molecular weight is 378 g/mol. The largest absolute Gasteiger partial charge is 0.497 e. The molecule has 0 bridgehead atoms. The minimum atomic E-state index is -0.147. The third kappa shape index (κ3) is 4.01. The van der Waals surface area contributed by atoms with Crippen molar-refractivity contribution in [2.24, 2.45) is 0 Å². The number of hydrogen-bond donors (Lipinski definition) is 0. The van der Waals surface area contributed by atoms with Gasteiger partial charge >= 0.3 is 0 Å². The number of hydrogen-bond acceptors (Lipinski definition) is 6. The Hall–Kier alpha value is -3.67. The van der Waals surface area contributed by atoms with Crippen LogP contribution in [0.4, 0.5) is 0 Å². The van der Waals surface area contributed by atoms with Crippen LogP contribution in [0, 0.1) is 0 Å². The van der Waals surface area contributed by atoms with Crippen molar-refractivity contribution in [3.63, 3.8) is 0 Å². The zero-order valence-corrected chi connectivity index (χ0v) is 15.2. The zero-order valence-electron chi connectivity index (χ0n) is 15.2. The molecule has 1 aromatic heterocycles. The highest BCUT2D eigenvalue weighted by atomic mass is 16.7. The molecule has 1 aliphatic rings. The standard InChI is InChI=1S/C22H18O6/c1-24-16-3-5-17(6-4-16)25-13-19-8-7-18(28-19)9-10-20(23)15-2-11-21-22(12-15)27-14-26-21/h2-12H,13-14H2,1H3/b10-9+. The highest BCUT2D eigenvalue weighted by Crippen LogP contribution is 2.32. The third-order valence-electron chi connectivity index (χ3n) is 4.18. The minimum Gasteiger partial charge on any atom is -0.497 e. The molecule has 2 aromatic carbocycles. The number of rotatable bonds is 7. The van der Waals surface area contributed by atoms with Gasteiger partial charge in [0, 0.05) is 5.56 Å². The van der Waals surface area contributed by atoms with Crippen LogP contribution in [0.5, 0.6) is 23.0 Å². The number of ketones is 1. The molecule has 0 saturated heterocycles. The van der Waals surface area contributed by atoms with E-state index in [1.807, 2.05) is 30.3 Å². The summed E-state index contributed by atoms with van der Waals surface area (Å²) in [6.45, 7) is 0.465. The molecule has 0 radical (unpaired) electrons. The second kappa shape index (κ2) is 7.92. The molecular formula is C22H18O6. The third-order valence-corrected chi connectivity index (χ3v) is 4.18. The van der Waals surface area contributed by atoms with Crippen molar-refractivity contribution in [1.29, 1.82) is 0 Å². The summed E-state index contributed by atoms with van der Waals surface area (Å²) in [7, 11) is 1.62. The quantitative estimate of drug-likeness (QED) is 0.446. The summed E-state index contributed by atoms with van der Waals surface area (Å²) in [4.78, 5) is 12.3. The van der Waals surface area contributed by atoms with Gasteiger partial charge in [-0.3, -0.25) is 4.79 Å². The number of carbonyl (C=O) groups is 1. The molecule has 142 valence electrons. The number of methoxy groups -OCH3 is 1. The van der Waals surface area contributed by atoms with E-state index in [0.29, 0.717) is 34.3 Å². The molecule has 0 spiro atoms. The first-order valence-electron chi connectivity index (χ1n) is 8.69. The van der Waals surface area contributed by atoms with E-state index in [1.165, 1.54) is 6.08 Å². The van der Waals surface area contributed by atoms with Gasteiger partial charge in [0.2, 0.25) is 6.79 Å². The molecular weight excluding hydrogens is 360 g/mol. The van der Waals surface area contributed by atoms with E-state index in [4.69, 9.17) is 23.4 Å². The van der Waals surface area contributed by atoms with Gasteiger partial charge in [0.15, 0.2) is 17.3 Å². The molecule has 2 heterocycles. The zero-order chi connectivity index (χ0) is 19.3. The number of benzene rings is 2. The lowest BCUT2D eigenvalue weighted by atomic mass is 10.1. The Kier molecular flexibility index (Phi) is 5.01. The predicted molar refractivity (Wildman–Crippen MR) is 102 cm³/mol. The molecule has 0 saturated carbocycles. The van der Waals surface area contributed by atoms with Crippen molar-refractivity contribution < 1.29 is 28.2 Å². The van der Waals surface area contributed by atoms with E-state index in [-0.39, 0.29) is 19.2 Å². The average Bonchev–Trinajstić information content (AvgIpc) is 3.39. The molecule has 0 unspecified atom stereocenters. The van der Waals surface area contributed by atoms with Crippen LogP contribution in [0.2, 0.25) is 0 Å². The molecule has 4 rings (SSSR count). The molecule has 6 nitrogen and oxygen atoms in total. The second-order valence-electron chi connectivity index (χ2n) is 6.03. The Balaban J connectivity index is 1.35. The van der Waals surface area contributed by atoms with Gasteiger partial charge in [0.05, 0.1) is 7.11 Å². The van der Waals surface area contributed by atoms with Gasteiger partial charge in [0.25, 0.3) is 0 Å². The summed E-state index contributed by atoms with van der Waals surface area (Å²) >= 11 is 0. The van der Waals surface area contributed by atoms with Crippen molar-refractivity contribution in [3.8, 4) is 23.0 Å². The van der Waals surface area contributed by atoms with Crippen LogP contribution >= 0.6 is 0 Å². The fourth-order valence-electron chi connectivity index (χ4n) is 2.69. The minimum absolute atomic E-state index is 0.147. The van der Waals surface area contributed by atoms with E-state index in [0.717, 1.165) is 5.75 Å². The molecule has 1 aliphatic heterocycles. The van der Waals surface area contributed by atoms with E-state index in [1.54, 1.807) is 37.5 Å². The van der Waals surface area contributed by atoms with E-state index >= 15 is 0 Å². The Morgan fingerprint density at radius 3 is 2.61 bits per heavy atom. The smallest absolute Gasteiger partial charge is 0.231 e. The van der Waals surface area contributed by atoms with Gasteiger partial charge in [-0.25, -0.2) is 0 Å². The Morgan fingerprint density at radius 2 is 1.79 bits per heavy atom. The molecule has 6 heteroatoms. The molecule has 0 atom stereocenters. The van der Waals surface area contributed by atoms with Gasteiger partial charge in [0.1, 0.15) is 29.6 Å².